The van der Waals surface area contributed by atoms with Crippen LogP contribution in [0.3, 0.4) is 0 Å². The lowest BCUT2D eigenvalue weighted by molar-refractivity contribution is -0.136. The van der Waals surface area contributed by atoms with Crippen LogP contribution in [0.4, 0.5) is 0 Å². The zero-order chi connectivity index (χ0) is 20.5. The van der Waals surface area contributed by atoms with E-state index in [1.807, 2.05) is 38.1 Å². The van der Waals surface area contributed by atoms with E-state index in [0.29, 0.717) is 43.3 Å². The summed E-state index contributed by atoms with van der Waals surface area (Å²) in [5.41, 5.74) is 2.70. The molecule has 1 amide bonds. The fourth-order valence-electron chi connectivity index (χ4n) is 3.81. The predicted octanol–water partition coefficient (Wildman–Crippen LogP) is 2.38. The lowest BCUT2D eigenvalue weighted by atomic mass is 10.2. The minimum atomic E-state index is -0.237. The molecule has 3 aromatic rings. The Bertz CT molecular complexity index is 1110. The van der Waals surface area contributed by atoms with Gasteiger partial charge in [0.25, 0.3) is 5.56 Å². The van der Waals surface area contributed by atoms with Gasteiger partial charge in [-0.3, -0.25) is 9.59 Å². The van der Waals surface area contributed by atoms with Gasteiger partial charge in [0.1, 0.15) is 6.54 Å². The number of aromatic nitrogens is 3. The third-order valence-electron chi connectivity index (χ3n) is 5.51. The van der Waals surface area contributed by atoms with Crippen LogP contribution in [0.25, 0.3) is 10.8 Å². The number of carbonyl (C=O) groups is 1. The van der Waals surface area contributed by atoms with Gasteiger partial charge in [0, 0.05) is 41.4 Å². The Morgan fingerprint density at radius 3 is 2.52 bits per heavy atom. The van der Waals surface area contributed by atoms with Gasteiger partial charge in [0.05, 0.1) is 24.8 Å². The van der Waals surface area contributed by atoms with Gasteiger partial charge in [-0.2, -0.15) is 5.10 Å². The largest absolute Gasteiger partial charge is 0.378 e. The first kappa shape index (κ1) is 19.7. The first-order valence-corrected chi connectivity index (χ1v) is 9.99. The number of halogens is 1. The maximum Gasteiger partial charge on any atom is 0.276 e. The normalized spacial score (nSPS) is 14.5. The molecule has 2 aromatic heterocycles. The van der Waals surface area contributed by atoms with E-state index in [-0.39, 0.29) is 18.0 Å². The molecule has 29 heavy (non-hydrogen) atoms. The van der Waals surface area contributed by atoms with E-state index >= 15 is 0 Å². The topological polar surface area (TPSA) is 69.4 Å². The molecule has 1 fully saturated rings. The van der Waals surface area contributed by atoms with Gasteiger partial charge in [0.2, 0.25) is 5.91 Å². The fraction of sp³-hybridized carbons (Fsp3) is 0.381. The number of fused-ring (bicyclic) bond motifs is 1. The molecule has 3 heterocycles. The number of benzene rings is 1. The van der Waals surface area contributed by atoms with Crippen molar-refractivity contribution in [1.29, 1.82) is 0 Å². The Morgan fingerprint density at radius 1 is 1.14 bits per heavy atom. The highest BCUT2D eigenvalue weighted by Gasteiger charge is 2.21. The Morgan fingerprint density at radius 2 is 1.83 bits per heavy atom. The predicted molar refractivity (Wildman–Crippen MR) is 111 cm³/mol. The van der Waals surface area contributed by atoms with Crippen LogP contribution >= 0.6 is 11.6 Å². The molecule has 0 aliphatic carbocycles. The maximum atomic E-state index is 13.1. The second-order valence-corrected chi connectivity index (χ2v) is 7.71. The molecule has 1 aliphatic heterocycles. The summed E-state index contributed by atoms with van der Waals surface area (Å²) in [4.78, 5) is 27.4. The molecule has 8 heteroatoms. The van der Waals surface area contributed by atoms with Crippen LogP contribution in [0.2, 0.25) is 5.02 Å². The van der Waals surface area contributed by atoms with Crippen molar-refractivity contribution in [2.24, 2.45) is 0 Å². The number of hydrogen-bond donors (Lipinski definition) is 0. The summed E-state index contributed by atoms with van der Waals surface area (Å²) in [7, 11) is 0. The van der Waals surface area contributed by atoms with Gasteiger partial charge in [-0.25, -0.2) is 4.68 Å². The smallest absolute Gasteiger partial charge is 0.276 e. The number of rotatable bonds is 4. The van der Waals surface area contributed by atoms with E-state index in [2.05, 4.69) is 9.67 Å². The van der Waals surface area contributed by atoms with Crippen LogP contribution in [0, 0.1) is 13.8 Å². The molecule has 1 saturated heterocycles. The Kier molecular flexibility index (Phi) is 5.43. The van der Waals surface area contributed by atoms with Gasteiger partial charge < -0.3 is 14.2 Å². The molecular weight excluding hydrogens is 392 g/mol. The first-order valence-electron chi connectivity index (χ1n) is 9.61. The SMILES string of the molecule is Cc1c2cnn(CC(=O)N3CCOCC3)c(=O)c2c(C)n1Cc1ccc(Cl)cc1. The van der Waals surface area contributed by atoms with Crippen LogP contribution in [-0.4, -0.2) is 51.5 Å². The van der Waals surface area contributed by atoms with Crippen molar-refractivity contribution in [1.82, 2.24) is 19.2 Å². The molecule has 152 valence electrons. The quantitative estimate of drug-likeness (QED) is 0.657. The fourth-order valence-corrected chi connectivity index (χ4v) is 3.93. The number of morpholine rings is 1. The molecule has 7 nitrogen and oxygen atoms in total. The monoisotopic (exact) mass is 414 g/mol. The molecule has 4 rings (SSSR count). The summed E-state index contributed by atoms with van der Waals surface area (Å²) in [5, 5.41) is 6.39. The number of nitrogens with zero attached hydrogens (tertiary/aromatic N) is 4. The summed E-state index contributed by atoms with van der Waals surface area (Å²) < 4.78 is 8.65. The number of amides is 1. The lowest BCUT2D eigenvalue weighted by Crippen LogP contribution is -2.43. The molecule has 0 N–H and O–H groups in total. The number of carbonyl (C=O) groups excluding carboxylic acids is 1. The molecule has 0 bridgehead atoms. The highest BCUT2D eigenvalue weighted by Crippen LogP contribution is 2.23. The maximum absolute atomic E-state index is 13.1. The van der Waals surface area contributed by atoms with Crippen molar-refractivity contribution in [3.05, 3.63) is 62.8 Å². The van der Waals surface area contributed by atoms with Gasteiger partial charge in [-0.05, 0) is 31.5 Å². The summed E-state index contributed by atoms with van der Waals surface area (Å²) in [6.07, 6.45) is 1.68. The average molecular weight is 415 g/mol. The Hall–Kier alpha value is -2.64. The van der Waals surface area contributed by atoms with Crippen molar-refractivity contribution in [3.63, 3.8) is 0 Å². The van der Waals surface area contributed by atoms with E-state index in [0.717, 1.165) is 22.3 Å². The van der Waals surface area contributed by atoms with Gasteiger partial charge in [-0.1, -0.05) is 23.7 Å². The Balaban J connectivity index is 1.67. The lowest BCUT2D eigenvalue weighted by Gasteiger charge is -2.26. The zero-order valence-corrected chi connectivity index (χ0v) is 17.3. The van der Waals surface area contributed by atoms with E-state index < -0.39 is 0 Å². The molecule has 0 atom stereocenters. The van der Waals surface area contributed by atoms with E-state index in [1.165, 1.54) is 4.68 Å². The van der Waals surface area contributed by atoms with Gasteiger partial charge in [-0.15, -0.1) is 0 Å². The number of ether oxygens (including phenoxy) is 1. The van der Waals surface area contributed by atoms with Crippen LogP contribution in [0.1, 0.15) is 17.0 Å². The van der Waals surface area contributed by atoms with Crippen LogP contribution < -0.4 is 5.56 Å². The van der Waals surface area contributed by atoms with Crippen molar-refractivity contribution in [3.8, 4) is 0 Å². The molecule has 0 spiro atoms. The van der Waals surface area contributed by atoms with Crippen molar-refractivity contribution in [2.45, 2.75) is 26.9 Å². The van der Waals surface area contributed by atoms with E-state index in [9.17, 15) is 9.59 Å². The number of aryl methyl sites for hydroxylation is 2. The highest BCUT2D eigenvalue weighted by atomic mass is 35.5. The molecule has 0 saturated carbocycles. The van der Waals surface area contributed by atoms with Crippen LogP contribution in [-0.2, 0) is 22.6 Å². The second-order valence-electron chi connectivity index (χ2n) is 7.27. The standard InChI is InChI=1S/C21H23ClN4O3/c1-14-18-11-23-26(13-19(27)24-7-9-29-10-8-24)21(28)20(18)15(2)25(14)12-16-3-5-17(22)6-4-16/h3-6,11H,7-10,12-13H2,1-2H3. The summed E-state index contributed by atoms with van der Waals surface area (Å²) in [6, 6.07) is 7.67. The molecule has 1 aromatic carbocycles. The van der Waals surface area contributed by atoms with Gasteiger partial charge in [0.15, 0.2) is 0 Å². The van der Waals surface area contributed by atoms with Crippen LogP contribution in [0.5, 0.6) is 0 Å². The summed E-state index contributed by atoms with van der Waals surface area (Å²) >= 11 is 5.98. The molecule has 0 radical (unpaired) electrons. The molecule has 0 unspecified atom stereocenters. The minimum absolute atomic E-state index is 0.0599. The van der Waals surface area contributed by atoms with Crippen LogP contribution in [0.15, 0.2) is 35.3 Å². The van der Waals surface area contributed by atoms with Crippen molar-refractivity contribution < 1.29 is 9.53 Å². The molecule has 1 aliphatic rings. The molecular formula is C21H23ClN4O3. The van der Waals surface area contributed by atoms with E-state index in [4.69, 9.17) is 16.3 Å². The summed E-state index contributed by atoms with van der Waals surface area (Å²) in [6.45, 7) is 6.64. The van der Waals surface area contributed by atoms with E-state index in [1.54, 1.807) is 11.1 Å². The average Bonchev–Trinajstić information content (AvgIpc) is 2.97. The minimum Gasteiger partial charge on any atom is -0.378 e. The van der Waals surface area contributed by atoms with Crippen molar-refractivity contribution in [2.75, 3.05) is 26.3 Å². The third kappa shape index (κ3) is 3.80. The summed E-state index contributed by atoms with van der Waals surface area (Å²) in [5.74, 6) is -0.114. The number of hydrogen-bond acceptors (Lipinski definition) is 4. The second kappa shape index (κ2) is 8.00. The Labute approximate surface area is 173 Å². The van der Waals surface area contributed by atoms with Gasteiger partial charge >= 0.3 is 0 Å². The van der Waals surface area contributed by atoms with Crippen molar-refractivity contribution >= 4 is 28.3 Å². The highest BCUT2D eigenvalue weighted by molar-refractivity contribution is 6.30. The zero-order valence-electron chi connectivity index (χ0n) is 16.5. The third-order valence-corrected chi connectivity index (χ3v) is 5.76. The first-order chi connectivity index (χ1) is 14.0.